The molecule has 0 aliphatic heterocycles. The number of methoxy groups -OCH3 is 1. The average molecular weight is 252 g/mol. The van der Waals surface area contributed by atoms with Gasteiger partial charge in [0, 0.05) is 12.6 Å². The number of nitrogens with one attached hydrogen (secondary N) is 2. The zero-order valence-corrected chi connectivity index (χ0v) is 11.8. The Morgan fingerprint density at radius 1 is 1.22 bits per heavy atom. The lowest BCUT2D eigenvalue weighted by molar-refractivity contribution is 0.414. The third kappa shape index (κ3) is 4.05. The maximum absolute atomic E-state index is 5.40. The molecule has 0 bridgehead atoms. The molecule has 1 atom stereocenters. The van der Waals surface area contributed by atoms with Crippen LogP contribution in [0, 0.1) is 0 Å². The van der Waals surface area contributed by atoms with Gasteiger partial charge in [0.05, 0.1) is 7.11 Å². The van der Waals surface area contributed by atoms with E-state index in [0.717, 1.165) is 37.4 Å². The maximum Gasteiger partial charge on any atom is 0.204 e. The monoisotopic (exact) mass is 252 g/mol. The third-order valence-electron chi connectivity index (χ3n) is 2.66. The summed E-state index contributed by atoms with van der Waals surface area (Å²) >= 11 is 0. The number of aromatic nitrogens is 2. The highest BCUT2D eigenvalue weighted by Gasteiger charge is 2.13. The van der Waals surface area contributed by atoms with Crippen LogP contribution in [0.25, 0.3) is 0 Å². The molecule has 0 aliphatic carbocycles. The SMILES string of the molecule is CCCNc1ncnc(NC(C)CCC)c1OC. The molecule has 18 heavy (non-hydrogen) atoms. The van der Waals surface area contributed by atoms with Crippen LogP contribution < -0.4 is 15.4 Å². The molecule has 1 aromatic rings. The molecule has 2 N–H and O–H groups in total. The minimum Gasteiger partial charge on any atom is -0.490 e. The molecule has 1 unspecified atom stereocenters. The summed E-state index contributed by atoms with van der Waals surface area (Å²) < 4.78 is 5.40. The smallest absolute Gasteiger partial charge is 0.204 e. The van der Waals surface area contributed by atoms with Gasteiger partial charge in [0.25, 0.3) is 0 Å². The Bertz CT molecular complexity index is 357. The van der Waals surface area contributed by atoms with E-state index in [1.54, 1.807) is 13.4 Å². The van der Waals surface area contributed by atoms with Crippen LogP contribution in [0.3, 0.4) is 0 Å². The topological polar surface area (TPSA) is 59.1 Å². The van der Waals surface area contributed by atoms with Gasteiger partial charge in [-0.3, -0.25) is 0 Å². The minimum atomic E-state index is 0.373. The van der Waals surface area contributed by atoms with Gasteiger partial charge in [-0.1, -0.05) is 20.3 Å². The molecular weight excluding hydrogens is 228 g/mol. The van der Waals surface area contributed by atoms with Crippen LogP contribution in [-0.2, 0) is 0 Å². The first-order valence-electron chi connectivity index (χ1n) is 6.62. The largest absolute Gasteiger partial charge is 0.490 e. The summed E-state index contributed by atoms with van der Waals surface area (Å²) in [4.78, 5) is 8.47. The van der Waals surface area contributed by atoms with E-state index in [0.29, 0.717) is 11.8 Å². The van der Waals surface area contributed by atoms with E-state index in [1.807, 2.05) is 0 Å². The number of hydrogen-bond acceptors (Lipinski definition) is 5. The molecule has 102 valence electrons. The van der Waals surface area contributed by atoms with Crippen molar-refractivity contribution in [2.24, 2.45) is 0 Å². The number of nitrogens with zero attached hydrogens (tertiary/aromatic N) is 2. The molecule has 0 saturated carbocycles. The van der Waals surface area contributed by atoms with Crippen LogP contribution >= 0.6 is 0 Å². The van der Waals surface area contributed by atoms with Gasteiger partial charge >= 0.3 is 0 Å². The second kappa shape index (κ2) is 7.74. The van der Waals surface area contributed by atoms with Crippen LogP contribution in [0.4, 0.5) is 11.6 Å². The molecule has 1 heterocycles. The molecule has 5 nitrogen and oxygen atoms in total. The Kier molecular flexibility index (Phi) is 6.25. The van der Waals surface area contributed by atoms with Crippen molar-refractivity contribution >= 4 is 11.6 Å². The number of hydrogen-bond donors (Lipinski definition) is 2. The summed E-state index contributed by atoms with van der Waals surface area (Å²) in [5.74, 6) is 2.20. The fraction of sp³-hybridized carbons (Fsp3) is 0.692. The predicted molar refractivity (Wildman–Crippen MR) is 75.4 cm³/mol. The van der Waals surface area contributed by atoms with Crippen LogP contribution in [0.5, 0.6) is 5.75 Å². The predicted octanol–water partition coefficient (Wildman–Crippen LogP) is 2.91. The van der Waals surface area contributed by atoms with Crippen molar-refractivity contribution in [3.8, 4) is 5.75 Å². The van der Waals surface area contributed by atoms with Crippen LogP contribution in [-0.4, -0.2) is 29.7 Å². The van der Waals surface area contributed by atoms with Gasteiger partial charge in [-0.2, -0.15) is 0 Å². The highest BCUT2D eigenvalue weighted by molar-refractivity contribution is 5.63. The second-order valence-electron chi connectivity index (χ2n) is 4.36. The Hall–Kier alpha value is -1.52. The van der Waals surface area contributed by atoms with E-state index in [9.17, 15) is 0 Å². The van der Waals surface area contributed by atoms with Gasteiger partial charge < -0.3 is 15.4 Å². The summed E-state index contributed by atoms with van der Waals surface area (Å²) in [5, 5.41) is 6.61. The zero-order valence-electron chi connectivity index (χ0n) is 11.8. The summed E-state index contributed by atoms with van der Waals surface area (Å²) in [6.07, 6.45) is 4.84. The van der Waals surface area contributed by atoms with Crippen molar-refractivity contribution < 1.29 is 4.74 Å². The molecule has 1 aromatic heterocycles. The molecule has 0 aliphatic rings. The van der Waals surface area contributed by atoms with E-state index in [-0.39, 0.29) is 0 Å². The number of anilines is 2. The number of rotatable bonds is 8. The number of ether oxygens (including phenoxy) is 1. The quantitative estimate of drug-likeness (QED) is 0.745. The molecule has 0 spiro atoms. The molecule has 0 amide bonds. The van der Waals surface area contributed by atoms with E-state index in [1.165, 1.54) is 0 Å². The lowest BCUT2D eigenvalue weighted by Crippen LogP contribution is -2.17. The Morgan fingerprint density at radius 3 is 2.56 bits per heavy atom. The molecule has 0 fully saturated rings. The Morgan fingerprint density at radius 2 is 1.94 bits per heavy atom. The van der Waals surface area contributed by atoms with Crippen molar-refractivity contribution in [3.63, 3.8) is 0 Å². The van der Waals surface area contributed by atoms with Crippen LogP contribution in [0.2, 0.25) is 0 Å². The van der Waals surface area contributed by atoms with Gasteiger partial charge in [0.1, 0.15) is 6.33 Å². The van der Waals surface area contributed by atoms with Gasteiger partial charge in [0.2, 0.25) is 5.75 Å². The van der Waals surface area contributed by atoms with Crippen molar-refractivity contribution in [2.45, 2.75) is 46.1 Å². The zero-order chi connectivity index (χ0) is 13.4. The standard InChI is InChI=1S/C13H24N4O/c1-5-7-10(3)17-13-11(18-4)12(14-8-6-2)15-9-16-13/h9-10H,5-8H2,1-4H3,(H2,14,15,16,17). The first-order chi connectivity index (χ1) is 8.72. The molecule has 0 radical (unpaired) electrons. The van der Waals surface area contributed by atoms with E-state index >= 15 is 0 Å². The Labute approximate surface area is 109 Å². The summed E-state index contributed by atoms with van der Waals surface area (Å²) in [6, 6.07) is 0.373. The third-order valence-corrected chi connectivity index (χ3v) is 2.66. The van der Waals surface area contributed by atoms with Crippen LogP contribution in [0.15, 0.2) is 6.33 Å². The summed E-state index contributed by atoms with van der Waals surface area (Å²) in [5.41, 5.74) is 0. The highest BCUT2D eigenvalue weighted by Crippen LogP contribution is 2.29. The maximum atomic E-state index is 5.40. The van der Waals surface area contributed by atoms with Crippen molar-refractivity contribution in [1.29, 1.82) is 0 Å². The minimum absolute atomic E-state index is 0.373. The van der Waals surface area contributed by atoms with Crippen molar-refractivity contribution in [1.82, 2.24) is 9.97 Å². The lowest BCUT2D eigenvalue weighted by atomic mass is 10.2. The van der Waals surface area contributed by atoms with Crippen molar-refractivity contribution in [2.75, 3.05) is 24.3 Å². The fourth-order valence-corrected chi connectivity index (χ4v) is 1.78. The molecule has 0 aromatic carbocycles. The molecular formula is C13H24N4O. The van der Waals surface area contributed by atoms with E-state index in [4.69, 9.17) is 4.74 Å². The summed E-state index contributed by atoms with van der Waals surface area (Å²) in [7, 11) is 1.64. The normalized spacial score (nSPS) is 12.0. The van der Waals surface area contributed by atoms with E-state index in [2.05, 4.69) is 41.4 Å². The van der Waals surface area contributed by atoms with Gasteiger partial charge in [-0.05, 0) is 19.8 Å². The Balaban J connectivity index is 2.83. The molecule has 5 heteroatoms. The second-order valence-corrected chi connectivity index (χ2v) is 4.36. The van der Waals surface area contributed by atoms with Gasteiger partial charge in [0.15, 0.2) is 11.6 Å². The first kappa shape index (κ1) is 14.5. The van der Waals surface area contributed by atoms with Gasteiger partial charge in [-0.25, -0.2) is 9.97 Å². The van der Waals surface area contributed by atoms with Crippen molar-refractivity contribution in [3.05, 3.63) is 6.33 Å². The first-order valence-corrected chi connectivity index (χ1v) is 6.62. The summed E-state index contributed by atoms with van der Waals surface area (Å²) in [6.45, 7) is 7.30. The molecule has 1 rings (SSSR count). The van der Waals surface area contributed by atoms with E-state index < -0.39 is 0 Å². The average Bonchev–Trinajstić information content (AvgIpc) is 2.36. The fourth-order valence-electron chi connectivity index (χ4n) is 1.78. The molecule has 0 saturated heterocycles. The lowest BCUT2D eigenvalue weighted by Gasteiger charge is -2.17. The van der Waals surface area contributed by atoms with Crippen LogP contribution in [0.1, 0.15) is 40.0 Å². The highest BCUT2D eigenvalue weighted by atomic mass is 16.5. The van der Waals surface area contributed by atoms with Gasteiger partial charge in [-0.15, -0.1) is 0 Å².